The highest BCUT2D eigenvalue weighted by atomic mass is 32.1. The zero-order chi connectivity index (χ0) is 18.4. The van der Waals surface area contributed by atoms with Gasteiger partial charge in [-0.1, -0.05) is 0 Å². The number of piperazine rings is 1. The van der Waals surface area contributed by atoms with E-state index in [1.807, 2.05) is 17.0 Å². The number of carbonyl (C=O) groups excluding carboxylic acids is 2. The summed E-state index contributed by atoms with van der Waals surface area (Å²) in [7, 11) is 0. The maximum absolute atomic E-state index is 12.7. The van der Waals surface area contributed by atoms with Crippen LogP contribution in [0.2, 0.25) is 0 Å². The predicted octanol–water partition coefficient (Wildman–Crippen LogP) is 1.06. The first-order valence-corrected chi connectivity index (χ1v) is 10.4. The summed E-state index contributed by atoms with van der Waals surface area (Å²) in [6.07, 6.45) is 4.09. The van der Waals surface area contributed by atoms with Crippen molar-refractivity contribution < 1.29 is 9.59 Å². The zero-order valence-electron chi connectivity index (χ0n) is 15.1. The largest absolute Gasteiger partial charge is 0.346 e. The molecule has 2 aromatic heterocycles. The Balaban J connectivity index is 1.34. The predicted molar refractivity (Wildman–Crippen MR) is 105 cm³/mol. The number of carbonyl (C=O) groups is 2. The molecule has 6 rings (SSSR count). The highest BCUT2D eigenvalue weighted by molar-refractivity contribution is 7.23. The highest BCUT2D eigenvalue weighted by Crippen LogP contribution is 2.33. The third-order valence-corrected chi connectivity index (χ3v) is 7.07. The SMILES string of the molecule is O=C(N[C@H]1CN2CCC1CC2)c1cc2sc(N3CCNCC3=O)cc2cn1. The van der Waals surface area contributed by atoms with Crippen LogP contribution in [0.25, 0.3) is 10.1 Å². The first kappa shape index (κ1) is 17.1. The third kappa shape index (κ3) is 3.22. The summed E-state index contributed by atoms with van der Waals surface area (Å²) in [4.78, 5) is 33.5. The standard InChI is InChI=1S/C19H23N5O2S/c25-17-10-20-3-6-24(17)18-7-13-9-21-14(8-16(13)27-18)19(26)22-15-11-23-4-1-12(15)2-5-23/h7-9,12,15,20H,1-6,10-11H2,(H,22,26)/t15-/m0/s1. The van der Waals surface area contributed by atoms with Crippen LogP contribution in [0.3, 0.4) is 0 Å². The number of pyridine rings is 1. The minimum absolute atomic E-state index is 0.0843. The Labute approximate surface area is 161 Å². The number of nitrogens with one attached hydrogen (secondary N) is 2. The van der Waals surface area contributed by atoms with Crippen molar-refractivity contribution in [2.75, 3.05) is 44.2 Å². The van der Waals surface area contributed by atoms with Crippen LogP contribution < -0.4 is 15.5 Å². The molecule has 0 aromatic carbocycles. The highest BCUT2D eigenvalue weighted by Gasteiger charge is 2.35. The molecule has 4 fully saturated rings. The lowest BCUT2D eigenvalue weighted by Crippen LogP contribution is -2.57. The number of nitrogens with zero attached hydrogens (tertiary/aromatic N) is 3. The molecule has 0 aliphatic carbocycles. The Bertz CT molecular complexity index is 889. The van der Waals surface area contributed by atoms with Crippen molar-refractivity contribution in [3.63, 3.8) is 0 Å². The lowest BCUT2D eigenvalue weighted by atomic mass is 9.84. The van der Waals surface area contributed by atoms with Gasteiger partial charge in [-0.25, -0.2) is 0 Å². The van der Waals surface area contributed by atoms with Crippen molar-refractivity contribution in [1.82, 2.24) is 20.5 Å². The van der Waals surface area contributed by atoms with E-state index in [0.29, 0.717) is 24.7 Å². The van der Waals surface area contributed by atoms with Crippen molar-refractivity contribution in [1.29, 1.82) is 0 Å². The lowest BCUT2D eigenvalue weighted by Gasteiger charge is -2.44. The molecule has 142 valence electrons. The van der Waals surface area contributed by atoms with E-state index in [9.17, 15) is 9.59 Å². The van der Waals surface area contributed by atoms with Crippen molar-refractivity contribution >= 4 is 38.2 Å². The van der Waals surface area contributed by atoms with Crippen molar-refractivity contribution in [2.45, 2.75) is 18.9 Å². The van der Waals surface area contributed by atoms with Crippen LogP contribution in [0.5, 0.6) is 0 Å². The van der Waals surface area contributed by atoms with Gasteiger partial charge in [0.15, 0.2) is 0 Å². The van der Waals surface area contributed by atoms with Gasteiger partial charge in [-0.2, -0.15) is 0 Å². The number of rotatable bonds is 3. The monoisotopic (exact) mass is 385 g/mol. The second-order valence-electron chi connectivity index (χ2n) is 7.63. The van der Waals surface area contributed by atoms with Gasteiger partial charge in [-0.3, -0.25) is 14.6 Å². The van der Waals surface area contributed by atoms with E-state index in [1.54, 1.807) is 17.5 Å². The number of fused-ring (bicyclic) bond motifs is 4. The van der Waals surface area contributed by atoms with Gasteiger partial charge in [0.2, 0.25) is 5.91 Å². The molecule has 1 atom stereocenters. The lowest BCUT2D eigenvalue weighted by molar-refractivity contribution is -0.118. The molecule has 2 bridgehead atoms. The molecule has 0 spiro atoms. The van der Waals surface area contributed by atoms with E-state index < -0.39 is 0 Å². The van der Waals surface area contributed by atoms with E-state index in [-0.39, 0.29) is 17.9 Å². The van der Waals surface area contributed by atoms with Gasteiger partial charge >= 0.3 is 0 Å². The fraction of sp³-hybridized carbons (Fsp3) is 0.526. The van der Waals surface area contributed by atoms with Gasteiger partial charge in [0, 0.05) is 42.0 Å². The van der Waals surface area contributed by atoms with Gasteiger partial charge in [-0.15, -0.1) is 11.3 Å². The third-order valence-electron chi connectivity index (χ3n) is 5.95. The fourth-order valence-electron chi connectivity index (χ4n) is 4.39. The summed E-state index contributed by atoms with van der Waals surface area (Å²) < 4.78 is 0.991. The molecule has 7 nitrogen and oxygen atoms in total. The number of aromatic nitrogens is 1. The van der Waals surface area contributed by atoms with Crippen molar-refractivity contribution in [3.05, 3.63) is 24.0 Å². The molecule has 6 heterocycles. The van der Waals surface area contributed by atoms with Gasteiger partial charge in [0.1, 0.15) is 5.69 Å². The van der Waals surface area contributed by atoms with Crippen molar-refractivity contribution in [2.24, 2.45) is 5.92 Å². The second kappa shape index (κ2) is 6.85. The normalized spacial score (nSPS) is 27.9. The molecule has 27 heavy (non-hydrogen) atoms. The molecule has 0 unspecified atom stereocenters. The molecule has 2 amide bonds. The van der Waals surface area contributed by atoms with Crippen LogP contribution in [0.4, 0.5) is 5.00 Å². The Morgan fingerprint density at radius 2 is 2.11 bits per heavy atom. The van der Waals surface area contributed by atoms with Crippen LogP contribution in [0, 0.1) is 5.92 Å². The van der Waals surface area contributed by atoms with Crippen LogP contribution in [-0.4, -0.2) is 67.0 Å². The molecule has 4 aliphatic rings. The smallest absolute Gasteiger partial charge is 0.270 e. The summed E-state index contributed by atoms with van der Waals surface area (Å²) in [5, 5.41) is 8.18. The Morgan fingerprint density at radius 3 is 2.85 bits per heavy atom. The number of piperidine rings is 3. The number of anilines is 1. The number of hydrogen-bond donors (Lipinski definition) is 2. The fourth-order valence-corrected chi connectivity index (χ4v) is 5.50. The minimum Gasteiger partial charge on any atom is -0.346 e. The average molecular weight is 385 g/mol. The molecule has 0 saturated carbocycles. The number of amides is 2. The van der Waals surface area contributed by atoms with Gasteiger partial charge < -0.3 is 20.4 Å². The van der Waals surface area contributed by atoms with E-state index in [4.69, 9.17) is 0 Å². The summed E-state index contributed by atoms with van der Waals surface area (Å²) in [6, 6.07) is 4.08. The summed E-state index contributed by atoms with van der Waals surface area (Å²) in [5.41, 5.74) is 0.457. The topological polar surface area (TPSA) is 77.6 Å². The van der Waals surface area contributed by atoms with Crippen LogP contribution >= 0.6 is 11.3 Å². The Morgan fingerprint density at radius 1 is 1.26 bits per heavy atom. The summed E-state index contributed by atoms with van der Waals surface area (Å²) in [5.74, 6) is 0.583. The van der Waals surface area contributed by atoms with Gasteiger partial charge in [-0.05, 0) is 44.0 Å². The van der Waals surface area contributed by atoms with Gasteiger partial charge in [0.05, 0.1) is 11.5 Å². The maximum Gasteiger partial charge on any atom is 0.270 e. The molecule has 0 radical (unpaired) electrons. The zero-order valence-corrected chi connectivity index (χ0v) is 15.9. The van der Waals surface area contributed by atoms with E-state index in [1.165, 1.54) is 12.8 Å². The van der Waals surface area contributed by atoms with E-state index in [0.717, 1.165) is 41.3 Å². The summed E-state index contributed by atoms with van der Waals surface area (Å²) in [6.45, 7) is 5.11. The van der Waals surface area contributed by atoms with Crippen LogP contribution in [-0.2, 0) is 4.79 Å². The number of thiophene rings is 1. The van der Waals surface area contributed by atoms with E-state index >= 15 is 0 Å². The maximum atomic E-state index is 12.7. The Kier molecular flexibility index (Phi) is 4.34. The van der Waals surface area contributed by atoms with Gasteiger partial charge in [0.25, 0.3) is 5.91 Å². The molecule has 8 heteroatoms. The second-order valence-corrected chi connectivity index (χ2v) is 8.69. The average Bonchev–Trinajstić information content (AvgIpc) is 3.12. The molecular weight excluding hydrogens is 362 g/mol. The minimum atomic E-state index is -0.0937. The molecule has 4 saturated heterocycles. The molecule has 2 aromatic rings. The molecular formula is C19H23N5O2S. The van der Waals surface area contributed by atoms with Crippen LogP contribution in [0.1, 0.15) is 23.3 Å². The first-order valence-electron chi connectivity index (χ1n) is 9.61. The van der Waals surface area contributed by atoms with E-state index in [2.05, 4.69) is 20.5 Å². The number of hydrogen-bond acceptors (Lipinski definition) is 6. The molecule has 4 aliphatic heterocycles. The van der Waals surface area contributed by atoms with Crippen LogP contribution in [0.15, 0.2) is 18.3 Å². The molecule has 2 N–H and O–H groups in total. The quantitative estimate of drug-likeness (QED) is 0.826. The summed E-state index contributed by atoms with van der Waals surface area (Å²) >= 11 is 1.55. The Hall–Kier alpha value is -2.03. The van der Waals surface area contributed by atoms with Crippen molar-refractivity contribution in [3.8, 4) is 0 Å². The first-order chi connectivity index (χ1) is 13.2.